The molecule has 1 fully saturated rings. The molecular formula is C19H22Cl2N4OS. The van der Waals surface area contributed by atoms with E-state index >= 15 is 0 Å². The average Bonchev–Trinajstić information content (AvgIpc) is 3.08. The highest BCUT2D eigenvalue weighted by molar-refractivity contribution is 7.18. The molecule has 3 heterocycles. The monoisotopic (exact) mass is 424 g/mol. The molecule has 0 spiro atoms. The molecule has 1 aliphatic rings. The topological polar surface area (TPSA) is 72.1 Å². The van der Waals surface area contributed by atoms with E-state index in [4.69, 9.17) is 10.7 Å². The molecule has 3 aromatic rings. The number of nitrogen functional groups attached to an aromatic ring is 1. The molecule has 1 saturated heterocycles. The summed E-state index contributed by atoms with van der Waals surface area (Å²) < 4.78 is 1.24. The van der Waals surface area contributed by atoms with E-state index < -0.39 is 0 Å². The van der Waals surface area contributed by atoms with Crippen LogP contribution in [-0.2, 0) is 11.2 Å². The van der Waals surface area contributed by atoms with Gasteiger partial charge in [-0.25, -0.2) is 4.98 Å². The summed E-state index contributed by atoms with van der Waals surface area (Å²) in [7, 11) is 0. The van der Waals surface area contributed by atoms with Gasteiger partial charge in [-0.2, -0.15) is 0 Å². The van der Waals surface area contributed by atoms with Gasteiger partial charge < -0.3 is 10.6 Å². The fourth-order valence-corrected chi connectivity index (χ4v) is 4.38. The fraction of sp³-hybridized carbons (Fsp3) is 0.316. The van der Waals surface area contributed by atoms with Crippen LogP contribution in [-0.4, -0.2) is 33.9 Å². The number of rotatable bonds is 3. The number of thiazole rings is 1. The number of anilines is 1. The summed E-state index contributed by atoms with van der Waals surface area (Å²) in [5, 5.41) is 1.20. The first-order chi connectivity index (χ1) is 12.2. The third kappa shape index (κ3) is 4.89. The molecule has 0 aliphatic carbocycles. The molecule has 0 saturated carbocycles. The van der Waals surface area contributed by atoms with E-state index in [-0.39, 0.29) is 30.7 Å². The lowest BCUT2D eigenvalue weighted by atomic mass is 9.97. The van der Waals surface area contributed by atoms with Crippen molar-refractivity contribution in [2.75, 3.05) is 18.8 Å². The van der Waals surface area contributed by atoms with Crippen molar-refractivity contribution >= 4 is 58.0 Å². The smallest absolute Gasteiger partial charge is 0.228 e. The van der Waals surface area contributed by atoms with E-state index in [2.05, 4.69) is 23.2 Å². The van der Waals surface area contributed by atoms with Gasteiger partial charge in [0, 0.05) is 24.7 Å². The van der Waals surface area contributed by atoms with Crippen LogP contribution in [0.3, 0.4) is 0 Å². The minimum Gasteiger partial charge on any atom is -0.397 e. The Bertz CT molecular complexity index is 859. The van der Waals surface area contributed by atoms with Gasteiger partial charge >= 0.3 is 0 Å². The molecule has 144 valence electrons. The molecule has 0 bridgehead atoms. The second-order valence-electron chi connectivity index (χ2n) is 6.43. The zero-order chi connectivity index (χ0) is 17.2. The van der Waals surface area contributed by atoms with E-state index in [1.807, 2.05) is 17.0 Å². The first-order valence-electron chi connectivity index (χ1n) is 8.53. The predicted molar refractivity (Wildman–Crippen MR) is 115 cm³/mol. The third-order valence-electron chi connectivity index (χ3n) is 4.69. The number of hydrogen-bond acceptors (Lipinski definition) is 5. The second-order valence-corrected chi connectivity index (χ2v) is 7.50. The lowest BCUT2D eigenvalue weighted by Crippen LogP contribution is -2.38. The Balaban J connectivity index is 0.00000131. The standard InChI is InChI=1S/C19H20N4OS.2ClH/c20-14-5-6-15(21-12-14)11-18(24)23-9-7-13(8-10-23)19-22-16-3-1-2-4-17(16)25-19;;/h1-6,12-13H,7-11,20H2;2*1H. The molecule has 1 aliphatic heterocycles. The quantitative estimate of drug-likeness (QED) is 0.687. The number of amides is 1. The van der Waals surface area contributed by atoms with Crippen LogP contribution in [0.2, 0.25) is 0 Å². The summed E-state index contributed by atoms with van der Waals surface area (Å²) in [5.41, 5.74) is 8.10. The molecule has 8 heteroatoms. The van der Waals surface area contributed by atoms with Crippen molar-refractivity contribution in [1.82, 2.24) is 14.9 Å². The zero-order valence-corrected chi connectivity index (χ0v) is 17.2. The van der Waals surface area contributed by atoms with Crippen LogP contribution in [0.15, 0.2) is 42.6 Å². The molecule has 2 aromatic heterocycles. The number of fused-ring (bicyclic) bond motifs is 1. The van der Waals surface area contributed by atoms with Gasteiger partial charge in [0.15, 0.2) is 0 Å². The van der Waals surface area contributed by atoms with Gasteiger partial charge in [0.05, 0.1) is 33.5 Å². The molecule has 5 nitrogen and oxygen atoms in total. The molecule has 1 amide bonds. The number of aromatic nitrogens is 2. The van der Waals surface area contributed by atoms with Crippen LogP contribution >= 0.6 is 36.2 Å². The van der Waals surface area contributed by atoms with E-state index in [1.54, 1.807) is 23.6 Å². The number of nitrogens with two attached hydrogens (primary N) is 1. The Labute approximate surface area is 174 Å². The minimum absolute atomic E-state index is 0. The number of pyridine rings is 1. The average molecular weight is 425 g/mol. The maximum Gasteiger partial charge on any atom is 0.228 e. The number of nitrogens with zero attached hydrogens (tertiary/aromatic N) is 3. The highest BCUT2D eigenvalue weighted by atomic mass is 35.5. The molecule has 4 rings (SSSR count). The molecular weight excluding hydrogens is 403 g/mol. The third-order valence-corrected chi connectivity index (χ3v) is 5.89. The lowest BCUT2D eigenvalue weighted by Gasteiger charge is -2.31. The number of carbonyl (C=O) groups excluding carboxylic acids is 1. The molecule has 1 aromatic carbocycles. The van der Waals surface area contributed by atoms with Crippen molar-refractivity contribution in [3.05, 3.63) is 53.3 Å². The molecule has 2 N–H and O–H groups in total. The van der Waals surface area contributed by atoms with E-state index in [1.165, 1.54) is 9.71 Å². The number of hydrogen-bond donors (Lipinski definition) is 1. The first kappa shape index (κ1) is 21.4. The second kappa shape index (κ2) is 9.35. The van der Waals surface area contributed by atoms with Crippen molar-refractivity contribution in [3.63, 3.8) is 0 Å². The van der Waals surface area contributed by atoms with Gasteiger partial charge in [0.1, 0.15) is 0 Å². The summed E-state index contributed by atoms with van der Waals surface area (Å²) >= 11 is 1.78. The van der Waals surface area contributed by atoms with Crippen molar-refractivity contribution < 1.29 is 4.79 Å². The van der Waals surface area contributed by atoms with Crippen molar-refractivity contribution in [3.8, 4) is 0 Å². The summed E-state index contributed by atoms with van der Waals surface area (Å²) in [4.78, 5) is 23.4. The van der Waals surface area contributed by atoms with Crippen LogP contribution in [0.5, 0.6) is 0 Å². The van der Waals surface area contributed by atoms with Crippen molar-refractivity contribution in [2.45, 2.75) is 25.2 Å². The van der Waals surface area contributed by atoms with Crippen LogP contribution in [0.25, 0.3) is 10.2 Å². The number of piperidine rings is 1. The maximum atomic E-state index is 12.5. The molecule has 0 radical (unpaired) electrons. The Hall–Kier alpha value is -1.89. The largest absolute Gasteiger partial charge is 0.397 e. The Morgan fingerprint density at radius 3 is 2.56 bits per heavy atom. The first-order valence-corrected chi connectivity index (χ1v) is 9.34. The van der Waals surface area contributed by atoms with Gasteiger partial charge in [-0.15, -0.1) is 36.2 Å². The fourth-order valence-electron chi connectivity index (χ4n) is 3.25. The van der Waals surface area contributed by atoms with Gasteiger partial charge in [-0.1, -0.05) is 12.1 Å². The highest BCUT2D eigenvalue weighted by Gasteiger charge is 2.26. The minimum atomic E-state index is 0. The number of benzene rings is 1. The molecule has 27 heavy (non-hydrogen) atoms. The summed E-state index contributed by atoms with van der Waals surface area (Å²) in [6.45, 7) is 1.57. The number of halogens is 2. The predicted octanol–water partition coefficient (Wildman–Crippen LogP) is 4.07. The Morgan fingerprint density at radius 2 is 1.89 bits per heavy atom. The normalized spacial score (nSPS) is 14.4. The molecule has 0 atom stereocenters. The van der Waals surface area contributed by atoms with E-state index in [0.717, 1.165) is 37.1 Å². The number of para-hydroxylation sites is 1. The van der Waals surface area contributed by atoms with Gasteiger partial charge in [0.2, 0.25) is 5.91 Å². The SMILES string of the molecule is Cl.Cl.Nc1ccc(CC(=O)N2CCC(c3nc4ccccc4s3)CC2)nc1. The van der Waals surface area contributed by atoms with Crippen molar-refractivity contribution in [1.29, 1.82) is 0 Å². The van der Waals surface area contributed by atoms with E-state index in [0.29, 0.717) is 18.0 Å². The van der Waals surface area contributed by atoms with Gasteiger partial charge in [-0.3, -0.25) is 9.78 Å². The Morgan fingerprint density at radius 1 is 1.15 bits per heavy atom. The van der Waals surface area contributed by atoms with Crippen LogP contribution in [0.1, 0.15) is 29.5 Å². The summed E-state index contributed by atoms with van der Waals surface area (Å²) in [5.74, 6) is 0.594. The summed E-state index contributed by atoms with van der Waals surface area (Å²) in [6, 6.07) is 11.9. The van der Waals surface area contributed by atoms with Crippen LogP contribution in [0, 0.1) is 0 Å². The van der Waals surface area contributed by atoms with Gasteiger partial charge in [-0.05, 0) is 37.1 Å². The Kier molecular flexibility index (Phi) is 7.41. The number of carbonyl (C=O) groups is 1. The zero-order valence-electron chi connectivity index (χ0n) is 14.7. The van der Waals surface area contributed by atoms with Gasteiger partial charge in [0.25, 0.3) is 0 Å². The van der Waals surface area contributed by atoms with Crippen LogP contribution < -0.4 is 5.73 Å². The number of likely N-dealkylation sites (tertiary alicyclic amines) is 1. The van der Waals surface area contributed by atoms with Crippen molar-refractivity contribution in [2.24, 2.45) is 0 Å². The maximum absolute atomic E-state index is 12.5. The lowest BCUT2D eigenvalue weighted by molar-refractivity contribution is -0.131. The highest BCUT2D eigenvalue weighted by Crippen LogP contribution is 2.33. The van der Waals surface area contributed by atoms with E-state index in [9.17, 15) is 4.79 Å². The molecule has 0 unspecified atom stereocenters. The summed E-state index contributed by atoms with van der Waals surface area (Å²) in [6.07, 6.45) is 3.88. The van der Waals surface area contributed by atoms with Crippen LogP contribution in [0.4, 0.5) is 5.69 Å².